The molecule has 0 radical (unpaired) electrons. The zero-order chi connectivity index (χ0) is 25.7. The molecule has 0 unspecified atom stereocenters. The van der Waals surface area contributed by atoms with E-state index < -0.39 is 27.5 Å². The number of methoxy groups -OCH3 is 1. The van der Waals surface area contributed by atoms with Gasteiger partial charge in [-0.2, -0.15) is 13.2 Å². The van der Waals surface area contributed by atoms with E-state index in [-0.39, 0.29) is 10.6 Å². The molecular weight excluding hydrogens is 461 g/mol. The molecule has 0 atom stereocenters. The van der Waals surface area contributed by atoms with E-state index in [9.17, 15) is 26.7 Å². The van der Waals surface area contributed by atoms with Crippen LogP contribution >= 0.6 is 0 Å². The molecule has 2 aromatic carbocycles. The average Bonchev–Trinajstić information content (AvgIpc) is 3.21. The van der Waals surface area contributed by atoms with Gasteiger partial charge in [-0.25, -0.2) is 8.42 Å². The highest BCUT2D eigenvalue weighted by molar-refractivity contribution is 7.92. The Hall–Kier alpha value is -2.63. The van der Waals surface area contributed by atoms with Crippen LogP contribution in [-0.4, -0.2) is 59.6 Å². The Balaban J connectivity index is 0.000000772. The van der Waals surface area contributed by atoms with Gasteiger partial charge < -0.3 is 19.5 Å². The van der Waals surface area contributed by atoms with Crippen molar-refractivity contribution < 1.29 is 36.2 Å². The first-order valence-corrected chi connectivity index (χ1v) is 11.3. The van der Waals surface area contributed by atoms with Crippen LogP contribution in [0.2, 0.25) is 0 Å². The van der Waals surface area contributed by atoms with Crippen molar-refractivity contribution in [2.45, 2.75) is 30.8 Å². The quantitative estimate of drug-likeness (QED) is 0.663. The molecule has 0 saturated carbocycles. The number of hydrogen-bond acceptors (Lipinski definition) is 6. The SMILES string of the molecule is C=O.CN1CCCC1.COC.Cc1ccc(S(=O)(=O)Nc2ccc(C(F)(F)F)c(O)c2)cc1. The van der Waals surface area contributed by atoms with Crippen LogP contribution in [0.25, 0.3) is 0 Å². The minimum absolute atomic E-state index is 0.0301. The first-order chi connectivity index (χ1) is 15.4. The Morgan fingerprint density at radius 3 is 1.88 bits per heavy atom. The van der Waals surface area contributed by atoms with Crippen LogP contribution in [0.15, 0.2) is 47.4 Å². The van der Waals surface area contributed by atoms with Gasteiger partial charge in [0.1, 0.15) is 12.5 Å². The summed E-state index contributed by atoms with van der Waals surface area (Å²) in [6.07, 6.45) is -1.88. The zero-order valence-corrected chi connectivity index (χ0v) is 20.0. The molecule has 33 heavy (non-hydrogen) atoms. The van der Waals surface area contributed by atoms with Crippen molar-refractivity contribution in [3.8, 4) is 5.75 Å². The van der Waals surface area contributed by atoms with E-state index in [1.807, 2.05) is 6.79 Å². The van der Waals surface area contributed by atoms with E-state index in [1.54, 1.807) is 33.3 Å². The van der Waals surface area contributed by atoms with Gasteiger partial charge in [0, 0.05) is 20.3 Å². The Bertz CT molecular complexity index is 930. The maximum absolute atomic E-state index is 12.5. The number of phenols is 1. The van der Waals surface area contributed by atoms with Crippen molar-refractivity contribution >= 4 is 22.5 Å². The summed E-state index contributed by atoms with van der Waals surface area (Å²) in [5.74, 6) is -1.04. The summed E-state index contributed by atoms with van der Waals surface area (Å²) >= 11 is 0. The number of hydrogen-bond donors (Lipinski definition) is 2. The lowest BCUT2D eigenvalue weighted by Gasteiger charge is -2.12. The maximum atomic E-state index is 12.5. The number of carbonyl (C=O) groups excluding carboxylic acids is 1. The lowest BCUT2D eigenvalue weighted by molar-refractivity contribution is -0.138. The molecule has 3 rings (SSSR count). The molecule has 0 spiro atoms. The summed E-state index contributed by atoms with van der Waals surface area (Å²) in [4.78, 5) is 10.3. The number of sulfonamides is 1. The van der Waals surface area contributed by atoms with Crippen molar-refractivity contribution in [2.24, 2.45) is 0 Å². The van der Waals surface area contributed by atoms with Crippen molar-refractivity contribution in [3.05, 3.63) is 53.6 Å². The van der Waals surface area contributed by atoms with Crippen LogP contribution < -0.4 is 4.72 Å². The van der Waals surface area contributed by atoms with Gasteiger partial charge in [0.15, 0.2) is 0 Å². The molecule has 0 aromatic heterocycles. The highest BCUT2D eigenvalue weighted by Crippen LogP contribution is 2.37. The number of rotatable bonds is 3. The van der Waals surface area contributed by atoms with Crippen LogP contribution in [0.3, 0.4) is 0 Å². The monoisotopic (exact) mass is 492 g/mol. The lowest BCUT2D eigenvalue weighted by atomic mass is 10.2. The summed E-state index contributed by atoms with van der Waals surface area (Å²) in [7, 11) is 1.49. The second-order valence-electron chi connectivity index (χ2n) is 7.07. The number of phenolic OH excluding ortho intramolecular Hbond substituents is 1. The number of halogens is 3. The second-order valence-corrected chi connectivity index (χ2v) is 8.75. The molecule has 1 fully saturated rings. The largest absolute Gasteiger partial charge is 0.507 e. The van der Waals surface area contributed by atoms with Crippen molar-refractivity contribution in [2.75, 3.05) is 39.1 Å². The van der Waals surface area contributed by atoms with Crippen molar-refractivity contribution in [1.29, 1.82) is 0 Å². The number of aromatic hydroxyl groups is 1. The molecule has 1 saturated heterocycles. The van der Waals surface area contributed by atoms with Crippen LogP contribution in [0.5, 0.6) is 5.75 Å². The molecule has 2 aromatic rings. The van der Waals surface area contributed by atoms with Gasteiger partial charge in [0.05, 0.1) is 16.1 Å². The average molecular weight is 493 g/mol. The highest BCUT2D eigenvalue weighted by Gasteiger charge is 2.33. The van der Waals surface area contributed by atoms with E-state index in [4.69, 9.17) is 4.79 Å². The van der Waals surface area contributed by atoms with Gasteiger partial charge in [-0.1, -0.05) is 17.7 Å². The normalized spacial score (nSPS) is 13.4. The van der Waals surface area contributed by atoms with Crippen LogP contribution in [0.1, 0.15) is 24.0 Å². The van der Waals surface area contributed by atoms with Gasteiger partial charge in [0.2, 0.25) is 0 Å². The van der Waals surface area contributed by atoms with Crippen molar-refractivity contribution in [3.63, 3.8) is 0 Å². The zero-order valence-electron chi connectivity index (χ0n) is 19.1. The first kappa shape index (κ1) is 30.4. The standard InChI is InChI=1S/C14H12F3NO3S.C5H11N.C2H6O.CH2O/c1-9-2-5-11(6-3-9)22(20,21)18-10-4-7-12(13(19)8-10)14(15,16)17;1-6-4-2-3-5-6;1-3-2;1-2/h2-8,18-19H,1H3;2-5H2,1H3;1-2H3;1H2. The Labute approximate surface area is 193 Å². The fourth-order valence-electron chi connectivity index (χ4n) is 2.64. The van der Waals surface area contributed by atoms with Gasteiger partial charge in [-0.3, -0.25) is 4.72 Å². The maximum Gasteiger partial charge on any atom is 0.419 e. The van der Waals surface area contributed by atoms with E-state index >= 15 is 0 Å². The third-order valence-electron chi connectivity index (χ3n) is 4.22. The van der Waals surface area contributed by atoms with Crippen LogP contribution in [0.4, 0.5) is 18.9 Å². The number of likely N-dealkylation sites (tertiary alicyclic amines) is 1. The molecule has 0 amide bonds. The molecule has 11 heteroatoms. The topological polar surface area (TPSA) is 95.9 Å². The van der Waals surface area contributed by atoms with Gasteiger partial charge in [-0.15, -0.1) is 0 Å². The molecule has 7 nitrogen and oxygen atoms in total. The van der Waals surface area contributed by atoms with E-state index in [0.717, 1.165) is 11.6 Å². The molecule has 1 heterocycles. The summed E-state index contributed by atoms with van der Waals surface area (Å²) in [5, 5.41) is 9.38. The summed E-state index contributed by atoms with van der Waals surface area (Å²) in [5.41, 5.74) is -0.525. The second kappa shape index (κ2) is 14.5. The number of carbonyl (C=O) groups is 1. The predicted octanol–water partition coefficient (Wildman–Crippen LogP) is 4.31. The Morgan fingerprint density at radius 1 is 1.03 bits per heavy atom. The lowest BCUT2D eigenvalue weighted by Crippen LogP contribution is -2.13. The third kappa shape index (κ3) is 11.2. The Kier molecular flexibility index (Phi) is 13.3. The minimum Gasteiger partial charge on any atom is -0.507 e. The van der Waals surface area contributed by atoms with Gasteiger partial charge >= 0.3 is 6.18 Å². The fourth-order valence-corrected chi connectivity index (χ4v) is 3.69. The predicted molar refractivity (Wildman–Crippen MR) is 122 cm³/mol. The Morgan fingerprint density at radius 2 is 1.52 bits per heavy atom. The molecular formula is C22H31F3N2O5S. The van der Waals surface area contributed by atoms with E-state index in [1.165, 1.54) is 38.1 Å². The first-order valence-electron chi connectivity index (χ1n) is 9.78. The van der Waals surface area contributed by atoms with Crippen LogP contribution in [0, 0.1) is 6.92 Å². The summed E-state index contributed by atoms with van der Waals surface area (Å²) < 4.78 is 68.1. The number of anilines is 1. The molecule has 1 aliphatic rings. The summed E-state index contributed by atoms with van der Waals surface area (Å²) in [6, 6.07) is 8.21. The fraction of sp³-hybridized carbons (Fsp3) is 0.409. The molecule has 0 bridgehead atoms. The molecule has 1 aliphatic heterocycles. The molecule has 0 aliphatic carbocycles. The van der Waals surface area contributed by atoms with Gasteiger partial charge in [-0.05, 0) is 64.2 Å². The van der Waals surface area contributed by atoms with E-state index in [0.29, 0.717) is 12.1 Å². The number of ether oxygens (including phenoxy) is 1. The highest BCUT2D eigenvalue weighted by atomic mass is 32.2. The third-order valence-corrected chi connectivity index (χ3v) is 5.61. The molecule has 2 N–H and O–H groups in total. The summed E-state index contributed by atoms with van der Waals surface area (Å²) in [6.45, 7) is 6.43. The van der Waals surface area contributed by atoms with Crippen LogP contribution in [-0.2, 0) is 25.7 Å². The van der Waals surface area contributed by atoms with Gasteiger partial charge in [0.25, 0.3) is 10.0 Å². The number of aryl methyl sites for hydroxylation is 1. The number of nitrogens with zero attached hydrogens (tertiary/aromatic N) is 1. The number of alkyl halides is 3. The van der Waals surface area contributed by atoms with Crippen molar-refractivity contribution in [1.82, 2.24) is 4.90 Å². The number of benzene rings is 2. The smallest absolute Gasteiger partial charge is 0.419 e. The molecule has 186 valence electrons. The number of nitrogens with one attached hydrogen (secondary N) is 1. The van der Waals surface area contributed by atoms with E-state index in [2.05, 4.69) is 21.4 Å². The minimum atomic E-state index is -4.71.